The first kappa shape index (κ1) is 18.2. The van der Waals surface area contributed by atoms with Crippen LogP contribution in [0, 0.1) is 10.1 Å². The van der Waals surface area contributed by atoms with Crippen LogP contribution in [0.2, 0.25) is 0 Å². The van der Waals surface area contributed by atoms with E-state index in [9.17, 15) is 10.1 Å². The maximum absolute atomic E-state index is 10.4. The molecule has 0 aliphatic heterocycles. The fraction of sp³-hybridized carbons (Fsp3) is 0.294. The van der Waals surface area contributed by atoms with Crippen LogP contribution in [0.3, 0.4) is 0 Å². The van der Waals surface area contributed by atoms with Crippen LogP contribution in [0.15, 0.2) is 48.5 Å². The first-order valence-corrected chi connectivity index (χ1v) is 7.45. The number of rotatable bonds is 10. The summed E-state index contributed by atoms with van der Waals surface area (Å²) in [5.74, 6) is 2.50. The smallest absolute Gasteiger partial charge is 0.294 e. The highest BCUT2D eigenvalue weighted by atomic mass is 17.0. The molecule has 0 spiro atoms. The van der Waals surface area contributed by atoms with E-state index in [0.29, 0.717) is 23.0 Å². The number of ether oxygens (including phenoxy) is 4. The molecule has 2 aromatic carbocycles. The Balaban J connectivity index is 1.96. The zero-order chi connectivity index (χ0) is 18.1. The van der Waals surface area contributed by atoms with Gasteiger partial charge in [0.25, 0.3) is 5.09 Å². The van der Waals surface area contributed by atoms with Gasteiger partial charge in [0.2, 0.25) is 0 Å². The Morgan fingerprint density at radius 1 is 0.840 bits per heavy atom. The van der Waals surface area contributed by atoms with E-state index in [0.717, 1.165) is 0 Å². The van der Waals surface area contributed by atoms with Crippen molar-refractivity contribution in [2.75, 3.05) is 27.4 Å². The number of hydrogen-bond acceptors (Lipinski definition) is 7. The van der Waals surface area contributed by atoms with Crippen molar-refractivity contribution in [1.29, 1.82) is 0 Å². The SMILES string of the molecule is COc1ccc(OC[C@H](CO[N+](=O)[O-])Oc2ccc(OC)cc2)cc1. The fourth-order valence-corrected chi connectivity index (χ4v) is 1.97. The summed E-state index contributed by atoms with van der Waals surface area (Å²) in [6.45, 7) is -0.179. The largest absolute Gasteiger partial charge is 0.497 e. The molecule has 2 aromatic rings. The Kier molecular flexibility index (Phi) is 6.70. The van der Waals surface area contributed by atoms with Gasteiger partial charge in [-0.05, 0) is 48.5 Å². The van der Waals surface area contributed by atoms with Gasteiger partial charge in [-0.3, -0.25) is 0 Å². The molecule has 8 nitrogen and oxygen atoms in total. The van der Waals surface area contributed by atoms with Gasteiger partial charge in [-0.1, -0.05) is 0 Å². The molecule has 25 heavy (non-hydrogen) atoms. The molecule has 0 amide bonds. The highest BCUT2D eigenvalue weighted by molar-refractivity contribution is 5.32. The van der Waals surface area contributed by atoms with Crippen LogP contribution in [0.1, 0.15) is 0 Å². The van der Waals surface area contributed by atoms with Crippen molar-refractivity contribution >= 4 is 0 Å². The topological polar surface area (TPSA) is 89.3 Å². The van der Waals surface area contributed by atoms with Gasteiger partial charge in [0.1, 0.15) is 36.2 Å². The molecule has 0 radical (unpaired) electrons. The van der Waals surface area contributed by atoms with Gasteiger partial charge in [0.05, 0.1) is 14.2 Å². The molecule has 8 heteroatoms. The summed E-state index contributed by atoms with van der Waals surface area (Å²) >= 11 is 0. The molecule has 0 heterocycles. The van der Waals surface area contributed by atoms with Crippen LogP contribution in [0.5, 0.6) is 23.0 Å². The predicted octanol–water partition coefficient (Wildman–Crippen LogP) is 2.74. The molecule has 0 fully saturated rings. The van der Waals surface area contributed by atoms with E-state index in [-0.39, 0.29) is 13.2 Å². The van der Waals surface area contributed by atoms with Gasteiger partial charge < -0.3 is 23.8 Å². The third-order valence-electron chi connectivity index (χ3n) is 3.22. The third kappa shape index (κ3) is 6.09. The third-order valence-corrected chi connectivity index (χ3v) is 3.22. The summed E-state index contributed by atoms with van der Waals surface area (Å²) in [5, 5.41) is 9.58. The van der Waals surface area contributed by atoms with Gasteiger partial charge in [-0.25, -0.2) is 0 Å². The lowest BCUT2D eigenvalue weighted by molar-refractivity contribution is -0.759. The maximum atomic E-state index is 10.4. The van der Waals surface area contributed by atoms with Crippen molar-refractivity contribution in [2.24, 2.45) is 0 Å². The van der Waals surface area contributed by atoms with Crippen molar-refractivity contribution in [2.45, 2.75) is 6.10 Å². The van der Waals surface area contributed by atoms with Crippen molar-refractivity contribution in [3.05, 3.63) is 58.6 Å². The van der Waals surface area contributed by atoms with Gasteiger partial charge in [-0.15, -0.1) is 10.1 Å². The van der Waals surface area contributed by atoms with E-state index in [1.54, 1.807) is 62.8 Å². The Labute approximate surface area is 144 Å². The number of benzene rings is 2. The van der Waals surface area contributed by atoms with E-state index in [2.05, 4.69) is 4.84 Å². The average Bonchev–Trinajstić information content (AvgIpc) is 2.64. The van der Waals surface area contributed by atoms with Gasteiger partial charge >= 0.3 is 0 Å². The second kappa shape index (κ2) is 9.21. The minimum Gasteiger partial charge on any atom is -0.497 e. The number of hydrogen-bond donors (Lipinski definition) is 0. The fourth-order valence-electron chi connectivity index (χ4n) is 1.97. The van der Waals surface area contributed by atoms with Crippen molar-refractivity contribution in [1.82, 2.24) is 0 Å². The Morgan fingerprint density at radius 3 is 1.80 bits per heavy atom. The minimum absolute atomic E-state index is 0.0756. The highest BCUT2D eigenvalue weighted by Gasteiger charge is 2.15. The molecule has 0 saturated carbocycles. The van der Waals surface area contributed by atoms with E-state index in [1.165, 1.54) is 0 Å². The number of methoxy groups -OCH3 is 2. The van der Waals surface area contributed by atoms with Crippen LogP contribution in [0.25, 0.3) is 0 Å². The zero-order valence-corrected chi connectivity index (χ0v) is 13.9. The lowest BCUT2D eigenvalue weighted by Crippen LogP contribution is -2.31. The summed E-state index contributed by atoms with van der Waals surface area (Å²) in [6.07, 6.45) is -0.666. The van der Waals surface area contributed by atoms with Gasteiger partial charge in [0.15, 0.2) is 6.10 Å². The van der Waals surface area contributed by atoms with Crippen LogP contribution < -0.4 is 18.9 Å². The van der Waals surface area contributed by atoms with Gasteiger partial charge in [-0.2, -0.15) is 0 Å². The van der Waals surface area contributed by atoms with Crippen LogP contribution >= 0.6 is 0 Å². The highest BCUT2D eigenvalue weighted by Crippen LogP contribution is 2.20. The second-order valence-corrected chi connectivity index (χ2v) is 4.92. The Morgan fingerprint density at radius 2 is 1.32 bits per heavy atom. The molecule has 1 atom stereocenters. The summed E-state index contributed by atoms with van der Waals surface area (Å²) < 4.78 is 21.5. The van der Waals surface area contributed by atoms with Gasteiger partial charge in [0, 0.05) is 0 Å². The summed E-state index contributed by atoms with van der Waals surface area (Å²) in [6, 6.07) is 13.8. The zero-order valence-electron chi connectivity index (χ0n) is 13.9. The first-order chi connectivity index (χ1) is 12.1. The molecule has 0 aliphatic carbocycles. The van der Waals surface area contributed by atoms with E-state index < -0.39 is 11.2 Å². The van der Waals surface area contributed by atoms with Crippen LogP contribution in [0.4, 0.5) is 0 Å². The second-order valence-electron chi connectivity index (χ2n) is 4.92. The molecular formula is C17H19NO7. The quantitative estimate of drug-likeness (QED) is 0.481. The number of nitrogens with zero attached hydrogens (tertiary/aromatic N) is 1. The summed E-state index contributed by atoms with van der Waals surface area (Å²) in [4.78, 5) is 14.9. The summed E-state index contributed by atoms with van der Waals surface area (Å²) in [5.41, 5.74) is 0. The van der Waals surface area contributed by atoms with Crippen LogP contribution in [-0.2, 0) is 4.84 Å². The minimum atomic E-state index is -0.863. The standard InChI is InChI=1S/C17H19NO7/c1-21-13-3-7-15(8-4-13)23-11-17(12-24-18(19)20)25-16-9-5-14(22-2)6-10-16/h3-10,17H,11-12H2,1-2H3/t17-/m1/s1. The molecule has 0 unspecified atom stereocenters. The van der Waals surface area contributed by atoms with Crippen molar-refractivity contribution < 1.29 is 28.9 Å². The summed E-state index contributed by atoms with van der Waals surface area (Å²) in [7, 11) is 3.13. The Hall–Kier alpha value is -3.16. The molecule has 0 N–H and O–H groups in total. The normalized spacial score (nSPS) is 11.3. The maximum Gasteiger partial charge on any atom is 0.294 e. The molecule has 0 aromatic heterocycles. The Bertz CT molecular complexity index is 658. The lowest BCUT2D eigenvalue weighted by Gasteiger charge is -2.19. The molecule has 0 aliphatic rings. The molecule has 0 bridgehead atoms. The first-order valence-electron chi connectivity index (χ1n) is 7.45. The van der Waals surface area contributed by atoms with E-state index in [1.807, 2.05) is 0 Å². The van der Waals surface area contributed by atoms with E-state index >= 15 is 0 Å². The van der Waals surface area contributed by atoms with E-state index in [4.69, 9.17) is 18.9 Å². The molecule has 134 valence electrons. The monoisotopic (exact) mass is 349 g/mol. The lowest BCUT2D eigenvalue weighted by atomic mass is 10.3. The molecule has 2 rings (SSSR count). The van der Waals surface area contributed by atoms with Crippen molar-refractivity contribution in [3.63, 3.8) is 0 Å². The van der Waals surface area contributed by atoms with Crippen molar-refractivity contribution in [3.8, 4) is 23.0 Å². The van der Waals surface area contributed by atoms with Crippen LogP contribution in [-0.4, -0.2) is 38.6 Å². The molecule has 0 saturated heterocycles. The predicted molar refractivity (Wildman–Crippen MR) is 88.8 cm³/mol. The molecular weight excluding hydrogens is 330 g/mol. The average molecular weight is 349 g/mol.